The third-order valence-corrected chi connectivity index (χ3v) is 5.71. The zero-order valence-electron chi connectivity index (χ0n) is 17.5. The maximum absolute atomic E-state index is 12.5. The predicted octanol–water partition coefficient (Wildman–Crippen LogP) is 3.38. The first-order chi connectivity index (χ1) is 14.9. The summed E-state index contributed by atoms with van der Waals surface area (Å²) in [7, 11) is -3.55. The summed E-state index contributed by atoms with van der Waals surface area (Å²) in [6.45, 7) is 2.80. The highest BCUT2D eigenvalue weighted by molar-refractivity contribution is 7.92. The Bertz CT molecular complexity index is 1120. The van der Waals surface area contributed by atoms with Crippen LogP contribution in [0.1, 0.15) is 28.4 Å². The Morgan fingerprint density at radius 1 is 1.00 bits per heavy atom. The van der Waals surface area contributed by atoms with Gasteiger partial charge in [-0.15, -0.1) is 0 Å². The third kappa shape index (κ3) is 6.05. The molecule has 7 nitrogen and oxygen atoms in total. The molecule has 3 rings (SSSR count). The monoisotopic (exact) mass is 439 g/mol. The normalized spacial score (nSPS) is 11.0. The molecule has 0 aliphatic carbocycles. The van der Waals surface area contributed by atoms with E-state index in [9.17, 15) is 13.2 Å². The van der Waals surface area contributed by atoms with Crippen molar-refractivity contribution in [2.24, 2.45) is 0 Å². The van der Waals surface area contributed by atoms with Crippen molar-refractivity contribution in [1.29, 1.82) is 0 Å². The zero-order chi connectivity index (χ0) is 22.3. The van der Waals surface area contributed by atoms with Gasteiger partial charge in [0, 0.05) is 24.5 Å². The van der Waals surface area contributed by atoms with Gasteiger partial charge in [0.25, 0.3) is 5.91 Å². The second-order valence-corrected chi connectivity index (χ2v) is 8.81. The number of ether oxygens (including phenoxy) is 1. The maximum atomic E-state index is 12.5. The molecule has 0 saturated heterocycles. The minimum absolute atomic E-state index is 0.127. The van der Waals surface area contributed by atoms with E-state index in [1.165, 1.54) is 4.31 Å². The Morgan fingerprint density at radius 2 is 1.68 bits per heavy atom. The molecule has 0 radical (unpaired) electrons. The topological polar surface area (TPSA) is 88.6 Å². The molecule has 1 amide bonds. The Hall–Kier alpha value is -3.39. The quantitative estimate of drug-likeness (QED) is 0.552. The number of benzene rings is 2. The summed E-state index contributed by atoms with van der Waals surface area (Å²) in [6, 6.07) is 17.6. The SMILES string of the molecule is CCOc1ccccc1N(Cc1ccc(C(=O)NCc2ccncc2)cc1)S(C)(=O)=O. The summed E-state index contributed by atoms with van der Waals surface area (Å²) < 4.78 is 31.9. The number of sulfonamides is 1. The fourth-order valence-electron chi connectivity index (χ4n) is 3.03. The van der Waals surface area contributed by atoms with Gasteiger partial charge in [-0.1, -0.05) is 24.3 Å². The number of para-hydroxylation sites is 2. The van der Waals surface area contributed by atoms with Crippen LogP contribution in [0.25, 0.3) is 0 Å². The molecule has 0 aliphatic heterocycles. The van der Waals surface area contributed by atoms with Crippen molar-refractivity contribution in [1.82, 2.24) is 10.3 Å². The van der Waals surface area contributed by atoms with Crippen molar-refractivity contribution in [3.8, 4) is 5.75 Å². The second kappa shape index (κ2) is 10.1. The molecule has 0 atom stereocenters. The first kappa shape index (κ1) is 22.3. The molecular weight excluding hydrogens is 414 g/mol. The molecule has 0 spiro atoms. The molecule has 31 heavy (non-hydrogen) atoms. The first-order valence-electron chi connectivity index (χ1n) is 9.84. The van der Waals surface area contributed by atoms with E-state index in [1.807, 2.05) is 19.1 Å². The van der Waals surface area contributed by atoms with Crippen LogP contribution in [0.5, 0.6) is 5.75 Å². The molecule has 0 aliphatic rings. The molecule has 0 fully saturated rings. The third-order valence-electron chi connectivity index (χ3n) is 4.58. The number of nitrogens with one attached hydrogen (secondary N) is 1. The van der Waals surface area contributed by atoms with Crippen LogP contribution < -0.4 is 14.4 Å². The minimum Gasteiger partial charge on any atom is -0.492 e. The van der Waals surface area contributed by atoms with Crippen molar-refractivity contribution >= 4 is 21.6 Å². The number of hydrogen-bond donors (Lipinski definition) is 1. The Balaban J connectivity index is 1.74. The number of hydrogen-bond acceptors (Lipinski definition) is 5. The number of carbonyl (C=O) groups excluding carboxylic acids is 1. The van der Waals surface area contributed by atoms with E-state index in [4.69, 9.17) is 4.74 Å². The first-order valence-corrected chi connectivity index (χ1v) is 11.7. The lowest BCUT2D eigenvalue weighted by Gasteiger charge is -2.24. The lowest BCUT2D eigenvalue weighted by atomic mass is 10.1. The molecule has 0 unspecified atom stereocenters. The average molecular weight is 440 g/mol. The van der Waals surface area contributed by atoms with Crippen molar-refractivity contribution in [2.75, 3.05) is 17.2 Å². The highest BCUT2D eigenvalue weighted by Crippen LogP contribution is 2.31. The van der Waals surface area contributed by atoms with E-state index in [0.717, 1.165) is 17.4 Å². The number of rotatable bonds is 9. The number of aromatic nitrogens is 1. The van der Waals surface area contributed by atoms with Crippen LogP contribution in [0.3, 0.4) is 0 Å². The standard InChI is InChI=1S/C23H25N3O4S/c1-3-30-22-7-5-4-6-21(22)26(31(2,28)29)17-19-8-10-20(11-9-19)23(27)25-16-18-12-14-24-15-13-18/h4-15H,3,16-17H2,1-2H3,(H,25,27). The minimum atomic E-state index is -3.55. The van der Waals surface area contributed by atoms with Gasteiger partial charge < -0.3 is 10.1 Å². The van der Waals surface area contributed by atoms with Gasteiger partial charge >= 0.3 is 0 Å². The molecule has 0 saturated carbocycles. The Labute approximate surface area is 182 Å². The predicted molar refractivity (Wildman–Crippen MR) is 120 cm³/mol. The van der Waals surface area contributed by atoms with Gasteiger partial charge in [-0.3, -0.25) is 14.1 Å². The number of amides is 1. The Kier molecular flexibility index (Phi) is 7.25. The molecular formula is C23H25N3O4S. The highest BCUT2D eigenvalue weighted by atomic mass is 32.2. The summed E-state index contributed by atoms with van der Waals surface area (Å²) in [5.74, 6) is 0.299. The molecule has 0 bridgehead atoms. The number of anilines is 1. The zero-order valence-corrected chi connectivity index (χ0v) is 18.3. The van der Waals surface area contributed by atoms with Gasteiger partial charge in [0.2, 0.25) is 10.0 Å². The van der Waals surface area contributed by atoms with Crippen LogP contribution in [0, 0.1) is 0 Å². The van der Waals surface area contributed by atoms with Crippen molar-refractivity contribution in [3.05, 3.63) is 89.7 Å². The summed E-state index contributed by atoms with van der Waals surface area (Å²) in [5.41, 5.74) is 2.68. The van der Waals surface area contributed by atoms with Gasteiger partial charge in [0.1, 0.15) is 5.75 Å². The average Bonchev–Trinajstić information content (AvgIpc) is 2.77. The van der Waals surface area contributed by atoms with Gasteiger partial charge in [-0.2, -0.15) is 0 Å². The molecule has 3 aromatic rings. The van der Waals surface area contributed by atoms with Crippen LogP contribution >= 0.6 is 0 Å². The molecule has 162 valence electrons. The van der Waals surface area contributed by atoms with Crippen LogP contribution in [0.4, 0.5) is 5.69 Å². The molecule has 1 heterocycles. The van der Waals surface area contributed by atoms with Gasteiger partial charge in [0.15, 0.2) is 0 Å². The molecule has 2 aromatic carbocycles. The van der Waals surface area contributed by atoms with Gasteiger partial charge in [-0.05, 0) is 54.4 Å². The van der Waals surface area contributed by atoms with Crippen molar-refractivity contribution in [3.63, 3.8) is 0 Å². The maximum Gasteiger partial charge on any atom is 0.251 e. The summed E-state index contributed by atoms with van der Waals surface area (Å²) >= 11 is 0. The fraction of sp³-hybridized carbons (Fsp3) is 0.217. The van der Waals surface area contributed by atoms with Crippen molar-refractivity contribution in [2.45, 2.75) is 20.0 Å². The highest BCUT2D eigenvalue weighted by Gasteiger charge is 2.21. The molecule has 1 N–H and O–H groups in total. The van der Waals surface area contributed by atoms with E-state index in [2.05, 4.69) is 10.3 Å². The second-order valence-electron chi connectivity index (χ2n) is 6.91. The Morgan fingerprint density at radius 3 is 2.32 bits per heavy atom. The molecule has 1 aromatic heterocycles. The summed E-state index contributed by atoms with van der Waals surface area (Å²) in [4.78, 5) is 16.4. The van der Waals surface area contributed by atoms with E-state index < -0.39 is 10.0 Å². The van der Waals surface area contributed by atoms with Crippen LogP contribution in [-0.4, -0.2) is 32.2 Å². The van der Waals surface area contributed by atoms with E-state index in [1.54, 1.807) is 60.9 Å². The lowest BCUT2D eigenvalue weighted by Crippen LogP contribution is -2.29. The van der Waals surface area contributed by atoms with E-state index in [0.29, 0.717) is 30.2 Å². The fourth-order valence-corrected chi connectivity index (χ4v) is 3.93. The summed E-state index contributed by atoms with van der Waals surface area (Å²) in [5, 5.41) is 2.86. The lowest BCUT2D eigenvalue weighted by molar-refractivity contribution is 0.0951. The number of nitrogens with zero attached hydrogens (tertiary/aromatic N) is 2. The van der Waals surface area contributed by atoms with E-state index >= 15 is 0 Å². The van der Waals surface area contributed by atoms with Crippen LogP contribution in [0.15, 0.2) is 73.1 Å². The number of pyridine rings is 1. The largest absolute Gasteiger partial charge is 0.492 e. The van der Waals surface area contributed by atoms with Crippen LogP contribution in [-0.2, 0) is 23.1 Å². The smallest absolute Gasteiger partial charge is 0.251 e. The number of carbonyl (C=O) groups is 1. The molecule has 8 heteroatoms. The van der Waals surface area contributed by atoms with Gasteiger partial charge in [0.05, 0.1) is 25.1 Å². The van der Waals surface area contributed by atoms with Crippen molar-refractivity contribution < 1.29 is 17.9 Å². The summed E-state index contributed by atoms with van der Waals surface area (Å²) in [6.07, 6.45) is 4.51. The van der Waals surface area contributed by atoms with E-state index in [-0.39, 0.29) is 12.5 Å². The van der Waals surface area contributed by atoms with Gasteiger partial charge in [-0.25, -0.2) is 8.42 Å². The van der Waals surface area contributed by atoms with Crippen LogP contribution in [0.2, 0.25) is 0 Å².